The second-order valence-electron chi connectivity index (χ2n) is 2.13. The molecule has 2 unspecified atom stereocenters. The van der Waals surface area contributed by atoms with Gasteiger partial charge in [0.1, 0.15) is 11.4 Å². The second kappa shape index (κ2) is 3.72. The fraction of sp³-hybridized carbons (Fsp3) is 0.667. The van der Waals surface area contributed by atoms with E-state index in [-0.39, 0.29) is 0 Å². The van der Waals surface area contributed by atoms with Crippen LogP contribution in [0.25, 0.3) is 0 Å². The van der Waals surface area contributed by atoms with E-state index in [1.54, 1.807) is 0 Å². The molecule has 0 aromatic carbocycles. The summed E-state index contributed by atoms with van der Waals surface area (Å²) in [7, 11) is -3.68. The lowest BCUT2D eigenvalue weighted by Gasteiger charge is -2.09. The first kappa shape index (κ1) is 10.4. The molecule has 5 heteroatoms. The number of primary sulfonamides is 1. The molecule has 0 rings (SSSR count). The summed E-state index contributed by atoms with van der Waals surface area (Å²) < 4.78 is 21.2. The van der Waals surface area contributed by atoms with Crippen LogP contribution in [0.3, 0.4) is 0 Å². The van der Waals surface area contributed by atoms with E-state index in [2.05, 4.69) is 11.8 Å². The van der Waals surface area contributed by atoms with Crippen molar-refractivity contribution < 1.29 is 13.5 Å². The molecule has 0 spiro atoms. The maximum atomic E-state index is 10.6. The van der Waals surface area contributed by atoms with Gasteiger partial charge < -0.3 is 5.11 Å². The molecule has 2 atom stereocenters. The van der Waals surface area contributed by atoms with E-state index in [1.165, 1.54) is 13.8 Å². The van der Waals surface area contributed by atoms with E-state index >= 15 is 0 Å². The number of sulfonamides is 1. The molecule has 11 heavy (non-hydrogen) atoms. The van der Waals surface area contributed by atoms with Crippen molar-refractivity contribution in [3.8, 4) is 11.8 Å². The third kappa shape index (κ3) is 3.37. The fourth-order valence-electron chi connectivity index (χ4n) is 0.445. The average Bonchev–Trinajstić information content (AvgIpc) is 1.85. The van der Waals surface area contributed by atoms with Gasteiger partial charge in [-0.05, 0) is 13.8 Å². The highest BCUT2D eigenvalue weighted by Crippen LogP contribution is 2.00. The fourth-order valence-corrected chi connectivity index (χ4v) is 0.872. The highest BCUT2D eigenvalue weighted by Gasteiger charge is 2.22. The molecule has 0 aromatic heterocycles. The average molecular weight is 177 g/mol. The van der Waals surface area contributed by atoms with Crippen LogP contribution in [-0.4, -0.2) is 24.9 Å². The largest absolute Gasteiger partial charge is 0.379 e. The minimum atomic E-state index is -3.68. The van der Waals surface area contributed by atoms with Gasteiger partial charge in [-0.3, -0.25) is 0 Å². The molecule has 64 valence electrons. The van der Waals surface area contributed by atoms with Gasteiger partial charge in [-0.1, -0.05) is 5.92 Å². The zero-order valence-corrected chi connectivity index (χ0v) is 7.22. The lowest BCUT2D eigenvalue weighted by Crippen LogP contribution is -2.35. The van der Waals surface area contributed by atoms with Crippen molar-refractivity contribution in [1.29, 1.82) is 0 Å². The molecule has 4 nitrogen and oxygen atoms in total. The van der Waals surface area contributed by atoms with Gasteiger partial charge in [0.25, 0.3) is 0 Å². The Hall–Kier alpha value is -0.570. The minimum absolute atomic E-state index is 1.03. The quantitative estimate of drug-likeness (QED) is 0.533. The molecule has 0 aromatic rings. The van der Waals surface area contributed by atoms with Crippen molar-refractivity contribution in [2.75, 3.05) is 0 Å². The SMILES string of the molecule is CC#CC(O)C(C)S(N)(=O)=O. The molecule has 0 aliphatic rings. The Kier molecular flexibility index (Phi) is 3.52. The van der Waals surface area contributed by atoms with Crippen LogP contribution in [0.1, 0.15) is 13.8 Å². The van der Waals surface area contributed by atoms with Crippen LogP contribution in [0, 0.1) is 11.8 Å². The van der Waals surface area contributed by atoms with Gasteiger partial charge >= 0.3 is 0 Å². The third-order valence-electron chi connectivity index (χ3n) is 1.26. The van der Waals surface area contributed by atoms with Gasteiger partial charge in [0, 0.05) is 0 Å². The monoisotopic (exact) mass is 177 g/mol. The summed E-state index contributed by atoms with van der Waals surface area (Å²) in [6.07, 6.45) is -1.20. The van der Waals surface area contributed by atoms with Crippen LogP contribution in [0.2, 0.25) is 0 Å². The number of aliphatic hydroxyl groups is 1. The van der Waals surface area contributed by atoms with E-state index in [4.69, 9.17) is 10.2 Å². The third-order valence-corrected chi connectivity index (χ3v) is 2.55. The number of aliphatic hydroxyl groups excluding tert-OH is 1. The Bertz CT molecular complexity index is 272. The molecule has 0 saturated heterocycles. The number of hydrogen-bond acceptors (Lipinski definition) is 3. The van der Waals surface area contributed by atoms with Gasteiger partial charge in [0.05, 0.1) is 0 Å². The van der Waals surface area contributed by atoms with Crippen molar-refractivity contribution in [3.63, 3.8) is 0 Å². The van der Waals surface area contributed by atoms with Crippen molar-refractivity contribution in [2.45, 2.75) is 25.2 Å². The maximum absolute atomic E-state index is 10.6. The Morgan fingerprint density at radius 3 is 2.27 bits per heavy atom. The predicted octanol–water partition coefficient (Wildman–Crippen LogP) is -0.952. The first-order chi connectivity index (χ1) is 4.89. The molecular weight excluding hydrogens is 166 g/mol. The summed E-state index contributed by atoms with van der Waals surface area (Å²) in [5, 5.41) is 12.7. The van der Waals surface area contributed by atoms with E-state index in [1.807, 2.05) is 0 Å². The smallest absolute Gasteiger partial charge is 0.215 e. The number of rotatable bonds is 2. The highest BCUT2D eigenvalue weighted by atomic mass is 32.2. The van der Waals surface area contributed by atoms with E-state index in [9.17, 15) is 8.42 Å². The molecule has 0 saturated carbocycles. The summed E-state index contributed by atoms with van der Waals surface area (Å²) in [6, 6.07) is 0. The van der Waals surface area contributed by atoms with Crippen LogP contribution in [0.4, 0.5) is 0 Å². The van der Waals surface area contributed by atoms with Crippen LogP contribution < -0.4 is 5.14 Å². The molecule has 0 radical (unpaired) electrons. The lowest BCUT2D eigenvalue weighted by molar-refractivity contribution is 0.230. The predicted molar refractivity (Wildman–Crippen MR) is 42.0 cm³/mol. The molecular formula is C6H11NO3S. The standard InChI is InChI=1S/C6H11NO3S/c1-3-4-6(8)5(2)11(7,9)10/h5-6,8H,1-2H3,(H2,7,9,10). The lowest BCUT2D eigenvalue weighted by atomic mass is 10.3. The first-order valence-corrected chi connectivity index (χ1v) is 4.62. The van der Waals surface area contributed by atoms with Gasteiger partial charge in [0.15, 0.2) is 0 Å². The number of nitrogens with two attached hydrogens (primary N) is 1. The number of hydrogen-bond donors (Lipinski definition) is 2. The van der Waals surface area contributed by atoms with E-state index < -0.39 is 21.4 Å². The van der Waals surface area contributed by atoms with Crippen molar-refractivity contribution in [1.82, 2.24) is 0 Å². The summed E-state index contributed by atoms with van der Waals surface area (Å²) in [6.45, 7) is 2.82. The molecule has 0 amide bonds. The molecule has 0 aliphatic heterocycles. The zero-order chi connectivity index (χ0) is 9.07. The highest BCUT2D eigenvalue weighted by molar-refractivity contribution is 7.89. The molecule has 0 aliphatic carbocycles. The second-order valence-corrected chi connectivity index (χ2v) is 4.05. The Morgan fingerprint density at radius 1 is 1.55 bits per heavy atom. The van der Waals surface area contributed by atoms with Crippen LogP contribution in [0.15, 0.2) is 0 Å². The molecule has 3 N–H and O–H groups in total. The summed E-state index contributed by atoms with van der Waals surface area (Å²) in [4.78, 5) is 0. The van der Waals surface area contributed by atoms with Crippen molar-refractivity contribution >= 4 is 10.0 Å². The first-order valence-electron chi connectivity index (χ1n) is 3.01. The van der Waals surface area contributed by atoms with Gasteiger partial charge in [-0.2, -0.15) is 0 Å². The van der Waals surface area contributed by atoms with Gasteiger partial charge in [-0.25, -0.2) is 13.6 Å². The van der Waals surface area contributed by atoms with E-state index in [0.717, 1.165) is 0 Å². The summed E-state index contributed by atoms with van der Waals surface area (Å²) >= 11 is 0. The maximum Gasteiger partial charge on any atom is 0.215 e. The molecule has 0 heterocycles. The summed E-state index contributed by atoms with van der Waals surface area (Å²) in [5.74, 6) is 4.70. The van der Waals surface area contributed by atoms with Crippen LogP contribution >= 0.6 is 0 Å². The van der Waals surface area contributed by atoms with Crippen molar-refractivity contribution in [3.05, 3.63) is 0 Å². The topological polar surface area (TPSA) is 80.4 Å². The van der Waals surface area contributed by atoms with Gasteiger partial charge in [-0.15, -0.1) is 5.92 Å². The van der Waals surface area contributed by atoms with Crippen LogP contribution in [0.5, 0.6) is 0 Å². The normalized spacial score (nSPS) is 16.4. The molecule has 0 fully saturated rings. The van der Waals surface area contributed by atoms with Crippen LogP contribution in [-0.2, 0) is 10.0 Å². The minimum Gasteiger partial charge on any atom is -0.379 e. The molecule has 0 bridgehead atoms. The Morgan fingerprint density at radius 2 is 2.00 bits per heavy atom. The van der Waals surface area contributed by atoms with Gasteiger partial charge in [0.2, 0.25) is 10.0 Å². The Balaban J connectivity index is 4.47. The summed E-state index contributed by atoms with van der Waals surface area (Å²) in [5.41, 5.74) is 0. The van der Waals surface area contributed by atoms with Crippen molar-refractivity contribution in [2.24, 2.45) is 5.14 Å². The zero-order valence-electron chi connectivity index (χ0n) is 6.40. The Labute approximate surface area is 66.5 Å². The van der Waals surface area contributed by atoms with E-state index in [0.29, 0.717) is 0 Å².